The van der Waals surface area contributed by atoms with Gasteiger partial charge in [-0.25, -0.2) is 4.79 Å². The first-order valence-corrected chi connectivity index (χ1v) is 10.8. The lowest BCUT2D eigenvalue weighted by molar-refractivity contribution is -0.143. The van der Waals surface area contributed by atoms with Gasteiger partial charge in [-0.2, -0.15) is 11.8 Å². The third-order valence-electron chi connectivity index (χ3n) is 4.48. The topological polar surface area (TPSA) is 151 Å². The molecule has 0 saturated carbocycles. The average Bonchev–Trinajstić information content (AvgIpc) is 2.65. The number of carboxylic acids is 1. The van der Waals surface area contributed by atoms with Crippen LogP contribution in [0.2, 0.25) is 0 Å². The van der Waals surface area contributed by atoms with Crippen molar-refractivity contribution in [3.63, 3.8) is 0 Å². The van der Waals surface area contributed by atoms with E-state index in [0.717, 1.165) is 0 Å². The minimum atomic E-state index is -1.12. The summed E-state index contributed by atoms with van der Waals surface area (Å²) in [5.74, 6) is -2.35. The fourth-order valence-electron chi connectivity index (χ4n) is 2.27. The van der Waals surface area contributed by atoms with Crippen molar-refractivity contribution >= 4 is 35.5 Å². The van der Waals surface area contributed by atoms with Gasteiger partial charge in [0.25, 0.3) is 0 Å². The SMILES string of the molecule is CCC(C)C(NC(=O)CNC(=O)C(CCSC)NC(=O)C(N)C(C)C)C(=O)O. The summed E-state index contributed by atoms with van der Waals surface area (Å²) < 4.78 is 0. The number of amides is 3. The number of carbonyl (C=O) groups is 4. The van der Waals surface area contributed by atoms with E-state index in [1.54, 1.807) is 6.92 Å². The van der Waals surface area contributed by atoms with Gasteiger partial charge in [0.1, 0.15) is 12.1 Å². The molecule has 0 aliphatic rings. The molecule has 0 spiro atoms. The highest BCUT2D eigenvalue weighted by atomic mass is 32.2. The number of carbonyl (C=O) groups excluding carboxylic acids is 3. The summed E-state index contributed by atoms with van der Waals surface area (Å²) in [6.07, 6.45) is 2.85. The van der Waals surface area contributed by atoms with Crippen LogP contribution in [0, 0.1) is 11.8 Å². The summed E-state index contributed by atoms with van der Waals surface area (Å²) in [4.78, 5) is 47.9. The molecule has 4 unspecified atom stereocenters. The Kier molecular flexibility index (Phi) is 12.5. The van der Waals surface area contributed by atoms with E-state index in [2.05, 4.69) is 16.0 Å². The molecule has 162 valence electrons. The molecule has 0 saturated heterocycles. The number of carboxylic acid groups (broad SMARTS) is 1. The van der Waals surface area contributed by atoms with Crippen molar-refractivity contribution in [1.29, 1.82) is 0 Å². The van der Waals surface area contributed by atoms with Crippen LogP contribution in [0.5, 0.6) is 0 Å². The summed E-state index contributed by atoms with van der Waals surface area (Å²) in [7, 11) is 0. The highest BCUT2D eigenvalue weighted by Crippen LogP contribution is 2.08. The van der Waals surface area contributed by atoms with Crippen LogP contribution in [0.4, 0.5) is 0 Å². The van der Waals surface area contributed by atoms with Gasteiger partial charge in [-0.3, -0.25) is 14.4 Å². The maximum absolute atomic E-state index is 12.4. The molecule has 10 heteroatoms. The lowest BCUT2D eigenvalue weighted by Crippen LogP contribution is -2.54. The molecule has 0 fully saturated rings. The Hall–Kier alpha value is -1.81. The third-order valence-corrected chi connectivity index (χ3v) is 5.13. The molecule has 4 atom stereocenters. The zero-order chi connectivity index (χ0) is 21.9. The Labute approximate surface area is 170 Å². The minimum Gasteiger partial charge on any atom is -0.480 e. The van der Waals surface area contributed by atoms with Crippen molar-refractivity contribution in [3.05, 3.63) is 0 Å². The molecular formula is C18H34N4O5S. The zero-order valence-electron chi connectivity index (χ0n) is 17.3. The summed E-state index contributed by atoms with van der Waals surface area (Å²) in [6, 6.07) is -2.58. The Bertz CT molecular complexity index is 544. The molecule has 3 amide bonds. The smallest absolute Gasteiger partial charge is 0.326 e. The summed E-state index contributed by atoms with van der Waals surface area (Å²) >= 11 is 1.52. The van der Waals surface area contributed by atoms with E-state index < -0.39 is 41.8 Å². The predicted octanol–water partition coefficient (Wildman–Crippen LogP) is -0.0607. The summed E-state index contributed by atoms with van der Waals surface area (Å²) in [5.41, 5.74) is 5.82. The number of thioether (sulfide) groups is 1. The van der Waals surface area contributed by atoms with Gasteiger partial charge in [0, 0.05) is 0 Å². The predicted molar refractivity (Wildman–Crippen MR) is 110 cm³/mol. The van der Waals surface area contributed by atoms with E-state index >= 15 is 0 Å². The fraction of sp³-hybridized carbons (Fsp3) is 0.778. The number of nitrogens with one attached hydrogen (secondary N) is 3. The van der Waals surface area contributed by atoms with E-state index in [1.807, 2.05) is 27.0 Å². The third kappa shape index (κ3) is 9.41. The first kappa shape index (κ1) is 26.2. The van der Waals surface area contributed by atoms with Gasteiger partial charge in [-0.15, -0.1) is 0 Å². The van der Waals surface area contributed by atoms with Crippen LogP contribution in [0.15, 0.2) is 0 Å². The van der Waals surface area contributed by atoms with E-state index in [-0.39, 0.29) is 18.4 Å². The Balaban J connectivity index is 4.82. The molecule has 0 bridgehead atoms. The second kappa shape index (κ2) is 13.4. The highest BCUT2D eigenvalue weighted by molar-refractivity contribution is 7.98. The van der Waals surface area contributed by atoms with Crippen molar-refractivity contribution in [2.75, 3.05) is 18.6 Å². The van der Waals surface area contributed by atoms with Gasteiger partial charge < -0.3 is 26.8 Å². The van der Waals surface area contributed by atoms with Crippen LogP contribution in [-0.2, 0) is 19.2 Å². The molecule has 0 aromatic heterocycles. The molecule has 6 N–H and O–H groups in total. The summed E-state index contributed by atoms with van der Waals surface area (Å²) in [6.45, 7) is 6.80. The van der Waals surface area contributed by atoms with E-state index in [1.165, 1.54) is 11.8 Å². The second-order valence-corrected chi connectivity index (χ2v) is 8.08. The Morgan fingerprint density at radius 1 is 1.07 bits per heavy atom. The Morgan fingerprint density at radius 3 is 2.14 bits per heavy atom. The van der Waals surface area contributed by atoms with Gasteiger partial charge in [-0.1, -0.05) is 34.1 Å². The molecule has 0 radical (unpaired) electrons. The monoisotopic (exact) mass is 418 g/mol. The number of hydrogen-bond acceptors (Lipinski definition) is 6. The van der Waals surface area contributed by atoms with Gasteiger partial charge in [0.2, 0.25) is 17.7 Å². The molecule has 0 heterocycles. The van der Waals surface area contributed by atoms with Crippen LogP contribution in [0.1, 0.15) is 40.5 Å². The first-order valence-electron chi connectivity index (χ1n) is 9.39. The van der Waals surface area contributed by atoms with Crippen molar-refractivity contribution < 1.29 is 24.3 Å². The summed E-state index contributed by atoms with van der Waals surface area (Å²) in [5, 5.41) is 16.7. The highest BCUT2D eigenvalue weighted by Gasteiger charge is 2.27. The molecule has 0 aromatic carbocycles. The number of nitrogens with two attached hydrogens (primary N) is 1. The molecule has 0 aliphatic carbocycles. The van der Waals surface area contributed by atoms with Crippen molar-refractivity contribution in [2.24, 2.45) is 17.6 Å². The lowest BCUT2D eigenvalue weighted by Gasteiger charge is -2.23. The second-order valence-electron chi connectivity index (χ2n) is 7.10. The first-order chi connectivity index (χ1) is 13.0. The average molecular weight is 419 g/mol. The van der Waals surface area contributed by atoms with Crippen LogP contribution >= 0.6 is 11.8 Å². The van der Waals surface area contributed by atoms with Crippen LogP contribution in [0.3, 0.4) is 0 Å². The molecule has 0 aromatic rings. The maximum Gasteiger partial charge on any atom is 0.326 e. The maximum atomic E-state index is 12.4. The Morgan fingerprint density at radius 2 is 1.68 bits per heavy atom. The molecular weight excluding hydrogens is 384 g/mol. The van der Waals surface area contributed by atoms with Crippen molar-refractivity contribution in [1.82, 2.24) is 16.0 Å². The van der Waals surface area contributed by atoms with Gasteiger partial charge in [-0.05, 0) is 30.3 Å². The van der Waals surface area contributed by atoms with E-state index in [4.69, 9.17) is 5.73 Å². The number of aliphatic carboxylic acids is 1. The molecule has 0 aliphatic heterocycles. The van der Waals surface area contributed by atoms with Crippen molar-refractivity contribution in [3.8, 4) is 0 Å². The van der Waals surface area contributed by atoms with Crippen LogP contribution in [-0.4, -0.2) is 65.5 Å². The molecule has 28 heavy (non-hydrogen) atoms. The standard InChI is InChI=1S/C18H34N4O5S/c1-6-11(4)15(18(26)27)22-13(23)9-20-16(24)12(7-8-28-5)21-17(25)14(19)10(2)3/h10-12,14-15H,6-9,19H2,1-5H3,(H,20,24)(H,21,25)(H,22,23)(H,26,27). The largest absolute Gasteiger partial charge is 0.480 e. The number of hydrogen-bond donors (Lipinski definition) is 5. The van der Waals surface area contributed by atoms with Gasteiger partial charge in [0.05, 0.1) is 12.6 Å². The van der Waals surface area contributed by atoms with Crippen LogP contribution in [0.25, 0.3) is 0 Å². The van der Waals surface area contributed by atoms with Crippen molar-refractivity contribution in [2.45, 2.75) is 58.7 Å². The molecule has 9 nitrogen and oxygen atoms in total. The van der Waals surface area contributed by atoms with Gasteiger partial charge in [0.15, 0.2) is 0 Å². The molecule has 0 rings (SSSR count). The minimum absolute atomic E-state index is 0.0800. The van der Waals surface area contributed by atoms with E-state index in [0.29, 0.717) is 18.6 Å². The normalized spacial score (nSPS) is 15.2. The van der Waals surface area contributed by atoms with Crippen LogP contribution < -0.4 is 21.7 Å². The van der Waals surface area contributed by atoms with E-state index in [9.17, 15) is 24.3 Å². The fourth-order valence-corrected chi connectivity index (χ4v) is 2.74. The quantitative estimate of drug-likeness (QED) is 0.281. The number of rotatable bonds is 13. The lowest BCUT2D eigenvalue weighted by atomic mass is 9.99. The zero-order valence-corrected chi connectivity index (χ0v) is 18.1. The van der Waals surface area contributed by atoms with Gasteiger partial charge >= 0.3 is 5.97 Å².